The zero-order chi connectivity index (χ0) is 19.5. The summed E-state index contributed by atoms with van der Waals surface area (Å²) in [4.78, 5) is 4.67. The van der Waals surface area contributed by atoms with E-state index in [4.69, 9.17) is 11.6 Å². The maximum atomic E-state index is 6.02. The first-order valence-electron chi connectivity index (χ1n) is 9.26. The first kappa shape index (κ1) is 18.3. The van der Waals surface area contributed by atoms with Gasteiger partial charge in [-0.25, -0.2) is 0 Å². The summed E-state index contributed by atoms with van der Waals surface area (Å²) in [7, 11) is 0. The molecule has 138 valence electrons. The molecule has 4 aromatic rings. The lowest BCUT2D eigenvalue weighted by Gasteiger charge is -2.09. The van der Waals surface area contributed by atoms with Crippen molar-refractivity contribution in [2.45, 2.75) is 13.8 Å². The number of aliphatic imine (C=N–C) groups is 1. The molecule has 0 radical (unpaired) electrons. The van der Waals surface area contributed by atoms with E-state index in [9.17, 15) is 0 Å². The third-order valence-corrected chi connectivity index (χ3v) is 5.13. The van der Waals surface area contributed by atoms with Crippen LogP contribution in [0.25, 0.3) is 16.8 Å². The van der Waals surface area contributed by atoms with Gasteiger partial charge in [0, 0.05) is 33.9 Å². The molecule has 0 unspecified atom stereocenters. The Labute approximate surface area is 170 Å². The number of nitrogens with zero attached hydrogens (tertiary/aromatic N) is 2. The molecule has 0 spiro atoms. The third-order valence-electron chi connectivity index (χ3n) is 4.88. The van der Waals surface area contributed by atoms with Crippen LogP contribution < -0.4 is 0 Å². The lowest BCUT2D eigenvalue weighted by molar-refractivity contribution is 0.965. The molecule has 1 heterocycles. The normalized spacial score (nSPS) is 11.2. The van der Waals surface area contributed by atoms with Crippen molar-refractivity contribution in [3.8, 4) is 16.8 Å². The van der Waals surface area contributed by atoms with Crippen molar-refractivity contribution in [2.24, 2.45) is 4.99 Å². The van der Waals surface area contributed by atoms with Crippen LogP contribution in [0.5, 0.6) is 0 Å². The fraction of sp³-hybridized carbons (Fsp3) is 0.0800. The van der Waals surface area contributed by atoms with E-state index in [0.29, 0.717) is 0 Å². The minimum atomic E-state index is 0.743. The molecule has 0 aliphatic rings. The standard InChI is InChI=1S/C25H21ClN2/c1-18-16-22(19(2)28(18)25-14-10-23(26)11-15-25)17-27-24-12-8-21(9-13-24)20-6-4-3-5-7-20/h3-17H,1-2H3. The summed E-state index contributed by atoms with van der Waals surface area (Å²) >= 11 is 6.02. The number of halogens is 1. The highest BCUT2D eigenvalue weighted by Gasteiger charge is 2.09. The highest BCUT2D eigenvalue weighted by atomic mass is 35.5. The molecule has 0 atom stereocenters. The van der Waals surface area contributed by atoms with E-state index in [-0.39, 0.29) is 0 Å². The van der Waals surface area contributed by atoms with E-state index >= 15 is 0 Å². The fourth-order valence-electron chi connectivity index (χ4n) is 3.42. The number of hydrogen-bond donors (Lipinski definition) is 0. The average molecular weight is 385 g/mol. The average Bonchev–Trinajstić information content (AvgIpc) is 3.01. The second-order valence-electron chi connectivity index (χ2n) is 6.81. The van der Waals surface area contributed by atoms with Gasteiger partial charge < -0.3 is 4.57 Å². The molecule has 3 aromatic carbocycles. The topological polar surface area (TPSA) is 17.3 Å². The molecule has 0 amide bonds. The van der Waals surface area contributed by atoms with Gasteiger partial charge in [-0.15, -0.1) is 0 Å². The van der Waals surface area contributed by atoms with Gasteiger partial charge in [-0.3, -0.25) is 4.99 Å². The van der Waals surface area contributed by atoms with E-state index < -0.39 is 0 Å². The molecular formula is C25H21ClN2. The molecule has 28 heavy (non-hydrogen) atoms. The Morgan fingerprint density at radius 2 is 1.43 bits per heavy atom. The number of aryl methyl sites for hydroxylation is 1. The van der Waals surface area contributed by atoms with Crippen molar-refractivity contribution in [1.29, 1.82) is 0 Å². The molecular weight excluding hydrogens is 364 g/mol. The lowest BCUT2D eigenvalue weighted by Crippen LogP contribution is -1.99. The largest absolute Gasteiger partial charge is 0.318 e. The lowest BCUT2D eigenvalue weighted by atomic mass is 10.1. The SMILES string of the molecule is Cc1cc(C=Nc2ccc(-c3ccccc3)cc2)c(C)n1-c1ccc(Cl)cc1. The molecule has 0 fully saturated rings. The predicted octanol–water partition coefficient (Wildman–Crippen LogP) is 7.17. The molecule has 0 saturated carbocycles. The summed E-state index contributed by atoms with van der Waals surface area (Å²) in [5.74, 6) is 0. The van der Waals surface area contributed by atoms with Crippen LogP contribution in [0.15, 0.2) is 89.9 Å². The highest BCUT2D eigenvalue weighted by Crippen LogP contribution is 2.24. The van der Waals surface area contributed by atoms with Gasteiger partial charge in [0.05, 0.1) is 5.69 Å². The Morgan fingerprint density at radius 1 is 0.786 bits per heavy atom. The van der Waals surface area contributed by atoms with Crippen molar-refractivity contribution in [1.82, 2.24) is 4.57 Å². The van der Waals surface area contributed by atoms with Crippen molar-refractivity contribution in [3.05, 3.63) is 107 Å². The van der Waals surface area contributed by atoms with E-state index in [1.54, 1.807) is 0 Å². The van der Waals surface area contributed by atoms with Crippen LogP contribution in [0, 0.1) is 13.8 Å². The highest BCUT2D eigenvalue weighted by molar-refractivity contribution is 6.30. The Hall–Kier alpha value is -3.10. The van der Waals surface area contributed by atoms with E-state index in [1.807, 2.05) is 36.5 Å². The molecule has 0 saturated heterocycles. The molecule has 0 N–H and O–H groups in total. The van der Waals surface area contributed by atoms with Crippen LogP contribution in [-0.4, -0.2) is 10.8 Å². The van der Waals surface area contributed by atoms with Gasteiger partial charge in [0.25, 0.3) is 0 Å². The number of benzene rings is 3. The van der Waals surface area contributed by atoms with Crippen molar-refractivity contribution >= 4 is 23.5 Å². The van der Waals surface area contributed by atoms with Crippen LogP contribution in [0.1, 0.15) is 17.0 Å². The first-order chi connectivity index (χ1) is 13.6. The summed E-state index contributed by atoms with van der Waals surface area (Å²) < 4.78 is 2.22. The second-order valence-corrected chi connectivity index (χ2v) is 7.25. The predicted molar refractivity (Wildman–Crippen MR) is 119 cm³/mol. The maximum Gasteiger partial charge on any atom is 0.0630 e. The molecule has 0 bridgehead atoms. The number of aromatic nitrogens is 1. The van der Waals surface area contributed by atoms with E-state index in [2.05, 4.69) is 78.0 Å². The van der Waals surface area contributed by atoms with Crippen molar-refractivity contribution in [3.63, 3.8) is 0 Å². The fourth-order valence-corrected chi connectivity index (χ4v) is 3.55. The van der Waals surface area contributed by atoms with Gasteiger partial charge in [-0.1, -0.05) is 54.1 Å². The minimum absolute atomic E-state index is 0.743. The summed E-state index contributed by atoms with van der Waals surface area (Å²) in [5.41, 5.74) is 7.89. The van der Waals surface area contributed by atoms with E-state index in [0.717, 1.165) is 27.7 Å². The quantitative estimate of drug-likeness (QED) is 0.332. The van der Waals surface area contributed by atoms with Gasteiger partial charge in [-0.05, 0) is 67.4 Å². The molecule has 2 nitrogen and oxygen atoms in total. The van der Waals surface area contributed by atoms with Gasteiger partial charge in [0.15, 0.2) is 0 Å². The molecule has 3 heteroatoms. The van der Waals surface area contributed by atoms with Gasteiger partial charge in [0.1, 0.15) is 0 Å². The van der Waals surface area contributed by atoms with E-state index in [1.165, 1.54) is 16.8 Å². The Bertz CT molecular complexity index is 1110. The molecule has 0 aliphatic carbocycles. The molecule has 1 aromatic heterocycles. The Balaban J connectivity index is 1.58. The Morgan fingerprint density at radius 3 is 2.11 bits per heavy atom. The Kier molecular flexibility index (Phi) is 5.14. The van der Waals surface area contributed by atoms with Crippen LogP contribution in [-0.2, 0) is 0 Å². The minimum Gasteiger partial charge on any atom is -0.318 e. The zero-order valence-electron chi connectivity index (χ0n) is 15.9. The number of rotatable bonds is 4. The third kappa shape index (κ3) is 3.78. The second kappa shape index (κ2) is 7.87. The van der Waals surface area contributed by atoms with Gasteiger partial charge >= 0.3 is 0 Å². The summed E-state index contributed by atoms with van der Waals surface area (Å²) in [5, 5.41) is 0.743. The maximum absolute atomic E-state index is 6.02. The van der Waals surface area contributed by atoms with Crippen LogP contribution in [0.4, 0.5) is 5.69 Å². The molecule has 0 aliphatic heterocycles. The van der Waals surface area contributed by atoms with Crippen LogP contribution in [0.3, 0.4) is 0 Å². The van der Waals surface area contributed by atoms with Crippen LogP contribution >= 0.6 is 11.6 Å². The molecule has 4 rings (SSSR count). The smallest absolute Gasteiger partial charge is 0.0630 e. The summed E-state index contributed by atoms with van der Waals surface area (Å²) in [6.07, 6.45) is 1.94. The summed E-state index contributed by atoms with van der Waals surface area (Å²) in [6, 6.07) is 28.7. The van der Waals surface area contributed by atoms with Crippen molar-refractivity contribution in [2.75, 3.05) is 0 Å². The van der Waals surface area contributed by atoms with Gasteiger partial charge in [0.2, 0.25) is 0 Å². The van der Waals surface area contributed by atoms with Crippen LogP contribution in [0.2, 0.25) is 5.02 Å². The van der Waals surface area contributed by atoms with Crippen molar-refractivity contribution < 1.29 is 0 Å². The summed E-state index contributed by atoms with van der Waals surface area (Å²) in [6.45, 7) is 4.22. The van der Waals surface area contributed by atoms with Gasteiger partial charge in [-0.2, -0.15) is 0 Å². The first-order valence-corrected chi connectivity index (χ1v) is 9.64. The number of hydrogen-bond acceptors (Lipinski definition) is 1. The monoisotopic (exact) mass is 384 g/mol. The zero-order valence-corrected chi connectivity index (χ0v) is 16.7.